The summed E-state index contributed by atoms with van der Waals surface area (Å²) in [6.45, 7) is 0. The van der Waals surface area contributed by atoms with Gasteiger partial charge in [-0.15, -0.1) is 0 Å². The molecule has 0 amide bonds. The van der Waals surface area contributed by atoms with Crippen molar-refractivity contribution in [1.29, 1.82) is 0 Å². The highest BCUT2D eigenvalue weighted by Crippen LogP contribution is 2.44. The predicted molar refractivity (Wildman–Crippen MR) is 140 cm³/mol. The zero-order valence-electron chi connectivity index (χ0n) is 18.1. The highest BCUT2D eigenvalue weighted by molar-refractivity contribution is 7.85. The molecule has 0 unspecified atom stereocenters. The molecule has 0 aromatic heterocycles. The highest BCUT2D eigenvalue weighted by atomic mass is 32.2. The van der Waals surface area contributed by atoms with Crippen LogP contribution in [0.15, 0.2) is 120 Å². The molecule has 0 aliphatic carbocycles. The van der Waals surface area contributed by atoms with Crippen LogP contribution in [-0.2, 0) is 10.1 Å². The van der Waals surface area contributed by atoms with Crippen LogP contribution in [0, 0.1) is 0 Å². The summed E-state index contributed by atoms with van der Waals surface area (Å²) in [5.41, 5.74) is 4.26. The Bertz CT molecular complexity index is 1760. The zero-order valence-corrected chi connectivity index (χ0v) is 19.0. The number of hydrogen-bond acceptors (Lipinski definition) is 2. The van der Waals surface area contributed by atoms with Gasteiger partial charge in [0.1, 0.15) is 0 Å². The SMILES string of the molecule is O=S(=O)(O)c1ccc(-c2c3ccccc3c(-c3ccc4ccccc4c3)c3ccccc23)cc1. The normalized spacial score (nSPS) is 11.9. The van der Waals surface area contributed by atoms with Crippen LogP contribution in [0.2, 0.25) is 0 Å². The molecule has 0 aliphatic heterocycles. The summed E-state index contributed by atoms with van der Waals surface area (Å²) in [5, 5.41) is 6.83. The second-order valence-corrected chi connectivity index (χ2v) is 9.82. The molecule has 0 saturated carbocycles. The van der Waals surface area contributed by atoms with E-state index < -0.39 is 10.1 Å². The minimum Gasteiger partial charge on any atom is -0.282 e. The van der Waals surface area contributed by atoms with Crippen LogP contribution in [0.25, 0.3) is 54.6 Å². The molecule has 6 aromatic carbocycles. The average Bonchev–Trinajstić information content (AvgIpc) is 2.86. The second kappa shape index (κ2) is 7.80. The van der Waals surface area contributed by atoms with Gasteiger partial charge in [-0.3, -0.25) is 4.55 Å². The number of fused-ring (bicyclic) bond motifs is 3. The minimum absolute atomic E-state index is 0.113. The average molecular weight is 461 g/mol. The van der Waals surface area contributed by atoms with Crippen molar-refractivity contribution >= 4 is 42.4 Å². The van der Waals surface area contributed by atoms with Gasteiger partial charge in [-0.2, -0.15) is 8.42 Å². The Kier molecular flexibility index (Phi) is 4.73. The van der Waals surface area contributed by atoms with Crippen molar-refractivity contribution < 1.29 is 13.0 Å². The Morgan fingerprint density at radius 2 is 0.912 bits per heavy atom. The van der Waals surface area contributed by atoms with Crippen molar-refractivity contribution in [2.45, 2.75) is 4.90 Å². The van der Waals surface area contributed by atoms with E-state index in [4.69, 9.17) is 0 Å². The first kappa shape index (κ1) is 20.6. The van der Waals surface area contributed by atoms with E-state index in [0.29, 0.717) is 0 Å². The fraction of sp³-hybridized carbons (Fsp3) is 0. The van der Waals surface area contributed by atoms with E-state index in [2.05, 4.69) is 66.7 Å². The molecular weight excluding hydrogens is 440 g/mol. The molecule has 0 radical (unpaired) electrons. The summed E-state index contributed by atoms with van der Waals surface area (Å²) in [5.74, 6) is 0. The summed E-state index contributed by atoms with van der Waals surface area (Å²) >= 11 is 0. The number of hydrogen-bond donors (Lipinski definition) is 1. The molecular formula is C30H20O3S. The van der Waals surface area contributed by atoms with E-state index in [1.54, 1.807) is 12.1 Å². The van der Waals surface area contributed by atoms with Gasteiger partial charge in [0.15, 0.2) is 0 Å². The Morgan fingerprint density at radius 1 is 0.471 bits per heavy atom. The lowest BCUT2D eigenvalue weighted by Gasteiger charge is -2.18. The summed E-state index contributed by atoms with van der Waals surface area (Å²) in [7, 11) is -4.25. The van der Waals surface area contributed by atoms with Crippen LogP contribution in [-0.4, -0.2) is 13.0 Å². The molecule has 1 N–H and O–H groups in total. The molecule has 0 spiro atoms. The first-order chi connectivity index (χ1) is 16.5. The lowest BCUT2D eigenvalue weighted by molar-refractivity contribution is 0.483. The molecule has 0 fully saturated rings. The van der Waals surface area contributed by atoms with Gasteiger partial charge in [-0.25, -0.2) is 0 Å². The van der Waals surface area contributed by atoms with Crippen molar-refractivity contribution in [2.24, 2.45) is 0 Å². The van der Waals surface area contributed by atoms with E-state index in [-0.39, 0.29) is 4.90 Å². The maximum absolute atomic E-state index is 11.6. The molecule has 6 rings (SSSR count). The maximum atomic E-state index is 11.6. The van der Waals surface area contributed by atoms with Crippen LogP contribution in [0.3, 0.4) is 0 Å². The van der Waals surface area contributed by atoms with Gasteiger partial charge in [0.05, 0.1) is 4.90 Å². The fourth-order valence-corrected chi connectivity index (χ4v) is 5.37. The van der Waals surface area contributed by atoms with Crippen molar-refractivity contribution in [1.82, 2.24) is 0 Å². The molecule has 4 heteroatoms. The topological polar surface area (TPSA) is 54.4 Å². The number of benzene rings is 6. The molecule has 34 heavy (non-hydrogen) atoms. The van der Waals surface area contributed by atoms with E-state index in [0.717, 1.165) is 38.2 Å². The molecule has 164 valence electrons. The quantitative estimate of drug-likeness (QED) is 0.217. The minimum atomic E-state index is -4.25. The van der Waals surface area contributed by atoms with Crippen LogP contribution in [0.5, 0.6) is 0 Å². The summed E-state index contributed by atoms with van der Waals surface area (Å²) in [6.07, 6.45) is 0. The standard InChI is InChI=1S/C30H20O3S/c31-34(32,33)24-17-15-21(16-18-24)29-25-9-3-5-11-27(25)30(28-12-6-4-10-26(28)29)23-14-13-20-7-1-2-8-22(20)19-23/h1-19H,(H,31,32,33). The third-order valence-electron chi connectivity index (χ3n) is 6.41. The largest absolute Gasteiger partial charge is 0.294 e. The van der Waals surface area contributed by atoms with Crippen molar-refractivity contribution in [3.8, 4) is 22.3 Å². The molecule has 0 aliphatic rings. The third kappa shape index (κ3) is 3.36. The zero-order chi connectivity index (χ0) is 23.3. The van der Waals surface area contributed by atoms with Crippen molar-refractivity contribution in [2.75, 3.05) is 0 Å². The summed E-state index contributed by atoms with van der Waals surface area (Å²) < 4.78 is 32.5. The van der Waals surface area contributed by atoms with Gasteiger partial charge in [-0.1, -0.05) is 97.1 Å². The summed E-state index contributed by atoms with van der Waals surface area (Å²) in [4.78, 5) is -0.113. The Morgan fingerprint density at radius 3 is 1.44 bits per heavy atom. The van der Waals surface area contributed by atoms with Gasteiger partial charge in [-0.05, 0) is 72.8 Å². The number of rotatable bonds is 3. The Labute approximate surface area is 197 Å². The molecule has 0 bridgehead atoms. The predicted octanol–water partition coefficient (Wildman–Crippen LogP) is 7.73. The van der Waals surface area contributed by atoms with Crippen molar-refractivity contribution in [3.05, 3.63) is 115 Å². The smallest absolute Gasteiger partial charge is 0.282 e. The lowest BCUT2D eigenvalue weighted by Crippen LogP contribution is -1.97. The fourth-order valence-electron chi connectivity index (χ4n) is 4.89. The third-order valence-corrected chi connectivity index (χ3v) is 7.28. The molecule has 6 aromatic rings. The van der Waals surface area contributed by atoms with Gasteiger partial charge in [0.2, 0.25) is 0 Å². The Balaban J connectivity index is 1.70. The first-order valence-corrected chi connectivity index (χ1v) is 12.5. The molecule has 0 atom stereocenters. The molecule has 0 heterocycles. The van der Waals surface area contributed by atoms with Crippen LogP contribution in [0.1, 0.15) is 0 Å². The monoisotopic (exact) mass is 460 g/mol. The van der Waals surface area contributed by atoms with Gasteiger partial charge in [0.25, 0.3) is 10.1 Å². The van der Waals surface area contributed by atoms with E-state index in [1.807, 2.05) is 24.3 Å². The van der Waals surface area contributed by atoms with Crippen LogP contribution in [0.4, 0.5) is 0 Å². The molecule has 0 saturated heterocycles. The highest BCUT2D eigenvalue weighted by Gasteiger charge is 2.17. The van der Waals surface area contributed by atoms with Gasteiger partial charge < -0.3 is 0 Å². The second-order valence-electron chi connectivity index (χ2n) is 8.40. The van der Waals surface area contributed by atoms with Gasteiger partial charge >= 0.3 is 0 Å². The molecule has 3 nitrogen and oxygen atoms in total. The maximum Gasteiger partial charge on any atom is 0.294 e. The van der Waals surface area contributed by atoms with E-state index in [1.165, 1.54) is 28.5 Å². The summed E-state index contributed by atoms with van der Waals surface area (Å²) in [6, 6.07) is 38.0. The van der Waals surface area contributed by atoms with Crippen LogP contribution >= 0.6 is 0 Å². The van der Waals surface area contributed by atoms with Gasteiger partial charge in [0, 0.05) is 0 Å². The Hall–Kier alpha value is -3.99. The lowest BCUT2D eigenvalue weighted by atomic mass is 9.85. The van der Waals surface area contributed by atoms with Crippen molar-refractivity contribution in [3.63, 3.8) is 0 Å². The van der Waals surface area contributed by atoms with Crippen LogP contribution < -0.4 is 0 Å². The van der Waals surface area contributed by atoms with E-state index in [9.17, 15) is 13.0 Å². The van der Waals surface area contributed by atoms with E-state index >= 15 is 0 Å². The first-order valence-electron chi connectivity index (χ1n) is 11.0.